The SMILES string of the molecule is CC(=O)Oc1cc(OC(C)=O)c2c(c1)OC(c1cc(OC(C)=O)c(OC(C)=O)c(OC(C)=O)c1)[C@H](OC(=O)c1cc(OC(C)=O)c(OC(C)=O)c(OC(C)=O)c1)C2. The molecule has 2 atom stereocenters. The fraction of sp³-hybridized carbons (Fsp3) is 0.289. The molecule has 1 aliphatic heterocycles. The van der Waals surface area contributed by atoms with Crippen LogP contribution in [0.2, 0.25) is 0 Å². The maximum atomic E-state index is 14.0. The molecule has 57 heavy (non-hydrogen) atoms. The summed E-state index contributed by atoms with van der Waals surface area (Å²) in [5, 5.41) is 0. The summed E-state index contributed by atoms with van der Waals surface area (Å²) in [7, 11) is 0. The number of fused-ring (bicyclic) bond motifs is 1. The lowest BCUT2D eigenvalue weighted by Crippen LogP contribution is -2.35. The first-order valence-corrected chi connectivity index (χ1v) is 16.6. The van der Waals surface area contributed by atoms with E-state index in [1.54, 1.807) is 0 Å². The second-order valence-corrected chi connectivity index (χ2v) is 12.0. The lowest BCUT2D eigenvalue weighted by Gasteiger charge is -2.34. The van der Waals surface area contributed by atoms with Gasteiger partial charge in [-0.25, -0.2) is 4.79 Å². The van der Waals surface area contributed by atoms with E-state index in [4.69, 9.17) is 47.4 Å². The van der Waals surface area contributed by atoms with Gasteiger partial charge in [0, 0.05) is 85.1 Å². The van der Waals surface area contributed by atoms with Crippen molar-refractivity contribution in [1.29, 1.82) is 0 Å². The molecule has 3 aromatic rings. The monoisotopic (exact) mass is 794 g/mol. The van der Waals surface area contributed by atoms with E-state index in [0.717, 1.165) is 67.5 Å². The Morgan fingerprint density at radius 3 is 1.26 bits per heavy atom. The van der Waals surface area contributed by atoms with Gasteiger partial charge in [0.1, 0.15) is 23.4 Å². The molecule has 3 aromatic carbocycles. The van der Waals surface area contributed by atoms with Gasteiger partial charge in [-0.1, -0.05) is 0 Å². The van der Waals surface area contributed by atoms with E-state index in [9.17, 15) is 43.2 Å². The molecule has 0 fully saturated rings. The summed E-state index contributed by atoms with van der Waals surface area (Å²) in [6.45, 7) is 8.42. The summed E-state index contributed by atoms with van der Waals surface area (Å²) in [5.74, 6) is -11.1. The van der Waals surface area contributed by atoms with Crippen molar-refractivity contribution in [2.75, 3.05) is 0 Å². The van der Waals surface area contributed by atoms with Crippen LogP contribution in [0.15, 0.2) is 36.4 Å². The summed E-state index contributed by atoms with van der Waals surface area (Å²) < 4.78 is 54.2. The van der Waals surface area contributed by atoms with Gasteiger partial charge in [0.25, 0.3) is 0 Å². The summed E-state index contributed by atoms with van der Waals surface area (Å²) in [5.41, 5.74) is -0.279. The zero-order valence-electron chi connectivity index (χ0n) is 31.6. The van der Waals surface area contributed by atoms with E-state index < -0.39 is 106 Å². The van der Waals surface area contributed by atoms with Crippen molar-refractivity contribution < 1.29 is 90.5 Å². The van der Waals surface area contributed by atoms with Crippen LogP contribution in [0.3, 0.4) is 0 Å². The predicted octanol–water partition coefficient (Wildman–Crippen LogP) is 3.99. The second kappa shape index (κ2) is 17.9. The molecule has 0 bridgehead atoms. The molecule has 300 valence electrons. The van der Waals surface area contributed by atoms with Crippen LogP contribution in [0.1, 0.15) is 83.0 Å². The first kappa shape index (κ1) is 42.4. The van der Waals surface area contributed by atoms with Crippen LogP contribution in [0.4, 0.5) is 0 Å². The highest BCUT2D eigenvalue weighted by Crippen LogP contribution is 2.48. The van der Waals surface area contributed by atoms with Crippen LogP contribution >= 0.6 is 0 Å². The zero-order chi connectivity index (χ0) is 42.3. The number of carbonyl (C=O) groups is 9. The number of rotatable bonds is 11. The molecule has 1 heterocycles. The van der Waals surface area contributed by atoms with Crippen molar-refractivity contribution in [1.82, 2.24) is 0 Å². The molecule has 19 heteroatoms. The Labute approximate surface area is 322 Å². The Bertz CT molecular complexity index is 2130. The fourth-order valence-electron chi connectivity index (χ4n) is 5.35. The number of ether oxygens (including phenoxy) is 10. The molecule has 0 saturated heterocycles. The Balaban J connectivity index is 1.97. The largest absolute Gasteiger partial charge is 0.481 e. The predicted molar refractivity (Wildman–Crippen MR) is 186 cm³/mol. The van der Waals surface area contributed by atoms with Gasteiger partial charge < -0.3 is 47.4 Å². The van der Waals surface area contributed by atoms with Crippen molar-refractivity contribution in [3.05, 3.63) is 53.1 Å². The highest BCUT2D eigenvalue weighted by atomic mass is 16.6. The standard InChI is InChI=1S/C38H34O19/c1-16(39)48-26-13-28(49-17(2)40)27-15-34(57-38(47)25-11-32(52-20(5)43)37(55-23(8)46)33(12-25)53-21(6)44)35(56-29(27)14-26)24-9-30(50-18(3)41)36(54-22(7)45)31(10-24)51-19(4)42/h9-14,34-35H,15H2,1-8H3/t34-,35?/m1/s1. The molecule has 0 radical (unpaired) electrons. The number of hydrogen-bond acceptors (Lipinski definition) is 19. The van der Waals surface area contributed by atoms with Crippen molar-refractivity contribution in [3.8, 4) is 51.7 Å². The maximum Gasteiger partial charge on any atom is 0.338 e. The van der Waals surface area contributed by atoms with Crippen molar-refractivity contribution in [3.63, 3.8) is 0 Å². The van der Waals surface area contributed by atoms with Gasteiger partial charge >= 0.3 is 53.7 Å². The maximum absolute atomic E-state index is 14.0. The highest BCUT2D eigenvalue weighted by molar-refractivity contribution is 5.93. The molecule has 19 nitrogen and oxygen atoms in total. The molecule has 1 aliphatic rings. The van der Waals surface area contributed by atoms with Crippen LogP contribution in [-0.2, 0) is 49.5 Å². The van der Waals surface area contributed by atoms with Crippen LogP contribution < -0.4 is 42.6 Å². The molecule has 0 N–H and O–H groups in total. The molecule has 1 unspecified atom stereocenters. The topological polar surface area (TPSA) is 246 Å². The average Bonchev–Trinajstić information content (AvgIpc) is 3.05. The van der Waals surface area contributed by atoms with Crippen LogP contribution in [-0.4, -0.2) is 59.8 Å². The van der Waals surface area contributed by atoms with Crippen molar-refractivity contribution in [2.24, 2.45) is 0 Å². The van der Waals surface area contributed by atoms with Gasteiger partial charge in [-0.15, -0.1) is 0 Å². The third kappa shape index (κ3) is 11.4. The summed E-state index contributed by atoms with van der Waals surface area (Å²) in [6.07, 6.45) is -3.21. The van der Waals surface area contributed by atoms with Crippen molar-refractivity contribution >= 4 is 53.7 Å². The summed E-state index contributed by atoms with van der Waals surface area (Å²) in [6, 6.07) is 6.81. The van der Waals surface area contributed by atoms with Gasteiger partial charge in [-0.2, -0.15) is 0 Å². The van der Waals surface area contributed by atoms with Gasteiger partial charge in [0.15, 0.2) is 29.1 Å². The van der Waals surface area contributed by atoms with E-state index in [-0.39, 0.29) is 34.8 Å². The normalized spacial score (nSPS) is 14.0. The minimum atomic E-state index is -1.45. The summed E-state index contributed by atoms with van der Waals surface area (Å²) in [4.78, 5) is 110. The van der Waals surface area contributed by atoms with Gasteiger partial charge in [-0.05, 0) is 24.3 Å². The molecular formula is C38H34O19. The number of hydrogen-bond donors (Lipinski definition) is 0. The first-order chi connectivity index (χ1) is 26.7. The van der Waals surface area contributed by atoms with Crippen LogP contribution in [0, 0.1) is 0 Å². The highest BCUT2D eigenvalue weighted by Gasteiger charge is 2.39. The quantitative estimate of drug-likeness (QED) is 0.197. The lowest BCUT2D eigenvalue weighted by atomic mass is 9.93. The molecule has 0 aliphatic carbocycles. The smallest absolute Gasteiger partial charge is 0.338 e. The minimum Gasteiger partial charge on any atom is -0.481 e. The third-order valence-electron chi connectivity index (χ3n) is 7.05. The van der Waals surface area contributed by atoms with E-state index >= 15 is 0 Å². The Hall–Kier alpha value is -7.31. The second-order valence-electron chi connectivity index (χ2n) is 12.0. The fourth-order valence-corrected chi connectivity index (χ4v) is 5.35. The zero-order valence-corrected chi connectivity index (χ0v) is 31.6. The van der Waals surface area contributed by atoms with Crippen LogP contribution in [0.5, 0.6) is 51.7 Å². The minimum absolute atomic E-state index is 0.0137. The number of benzene rings is 3. The molecule has 4 rings (SSSR count). The molecular weight excluding hydrogens is 760 g/mol. The Kier molecular flexibility index (Phi) is 13.3. The van der Waals surface area contributed by atoms with E-state index in [2.05, 4.69) is 0 Å². The number of esters is 9. The third-order valence-corrected chi connectivity index (χ3v) is 7.05. The first-order valence-electron chi connectivity index (χ1n) is 16.6. The molecule has 0 aromatic heterocycles. The molecule has 0 saturated carbocycles. The Morgan fingerprint density at radius 1 is 0.474 bits per heavy atom. The van der Waals surface area contributed by atoms with E-state index in [0.29, 0.717) is 0 Å². The molecule has 0 amide bonds. The summed E-state index contributed by atoms with van der Waals surface area (Å²) >= 11 is 0. The van der Waals surface area contributed by atoms with Gasteiger partial charge in [0.05, 0.1) is 5.56 Å². The Morgan fingerprint density at radius 2 is 0.860 bits per heavy atom. The molecule has 0 spiro atoms. The lowest BCUT2D eigenvalue weighted by molar-refractivity contribution is -0.135. The van der Waals surface area contributed by atoms with E-state index in [1.807, 2.05) is 0 Å². The van der Waals surface area contributed by atoms with Crippen LogP contribution in [0.25, 0.3) is 0 Å². The van der Waals surface area contributed by atoms with E-state index in [1.165, 1.54) is 24.3 Å². The van der Waals surface area contributed by atoms with Gasteiger partial charge in [-0.3, -0.25) is 38.4 Å². The van der Waals surface area contributed by atoms with Gasteiger partial charge in [0.2, 0.25) is 11.5 Å². The van der Waals surface area contributed by atoms with Crippen molar-refractivity contribution in [2.45, 2.75) is 74.0 Å². The average molecular weight is 795 g/mol. The number of carbonyl (C=O) groups excluding carboxylic acids is 9.